The fourth-order valence-corrected chi connectivity index (χ4v) is 6.07. The molecule has 3 rings (SSSR count). The zero-order valence-corrected chi connectivity index (χ0v) is 24.3. The molecule has 0 bridgehead atoms. The molecule has 2 amide bonds. The first-order valence-electron chi connectivity index (χ1n) is 12.0. The lowest BCUT2D eigenvalue weighted by Gasteiger charge is -2.33. The molecule has 3 aromatic carbocycles. The number of hydrogen-bond donors (Lipinski definition) is 1. The van der Waals surface area contributed by atoms with Crippen LogP contribution in [0.2, 0.25) is 15.1 Å². The highest BCUT2D eigenvalue weighted by Crippen LogP contribution is 2.30. The lowest BCUT2D eigenvalue weighted by Crippen LogP contribution is -2.52. The van der Waals surface area contributed by atoms with Crippen molar-refractivity contribution in [3.8, 4) is 0 Å². The molecule has 0 radical (unpaired) electrons. The van der Waals surface area contributed by atoms with Crippen molar-refractivity contribution < 1.29 is 22.4 Å². The van der Waals surface area contributed by atoms with Gasteiger partial charge in [0.2, 0.25) is 11.8 Å². The van der Waals surface area contributed by atoms with E-state index in [0.29, 0.717) is 12.1 Å². The summed E-state index contributed by atoms with van der Waals surface area (Å²) in [7, 11) is -4.31. The van der Waals surface area contributed by atoms with E-state index < -0.39 is 40.2 Å². The molecule has 0 spiro atoms. The summed E-state index contributed by atoms with van der Waals surface area (Å²) in [5.74, 6) is -1.87. The number of likely N-dealkylation sites (N-methyl/N-ethyl adjacent to an activating group) is 1. The maximum absolute atomic E-state index is 14.0. The summed E-state index contributed by atoms with van der Waals surface area (Å²) >= 11 is 18.7. The van der Waals surface area contributed by atoms with E-state index in [2.05, 4.69) is 5.32 Å². The van der Waals surface area contributed by atoms with Crippen molar-refractivity contribution in [2.75, 3.05) is 17.4 Å². The lowest BCUT2D eigenvalue weighted by atomic mass is 10.1. The van der Waals surface area contributed by atoms with Crippen LogP contribution in [0.5, 0.6) is 0 Å². The van der Waals surface area contributed by atoms with Gasteiger partial charge in [-0.1, -0.05) is 66.0 Å². The van der Waals surface area contributed by atoms with Gasteiger partial charge in [-0.25, -0.2) is 12.8 Å². The van der Waals surface area contributed by atoms with E-state index >= 15 is 0 Å². The third kappa shape index (κ3) is 7.22. The number of rotatable bonds is 11. The Kier molecular flexibility index (Phi) is 10.6. The van der Waals surface area contributed by atoms with Crippen LogP contribution in [0, 0.1) is 5.82 Å². The highest BCUT2D eigenvalue weighted by atomic mass is 35.5. The minimum Gasteiger partial charge on any atom is -0.355 e. The number of benzene rings is 3. The van der Waals surface area contributed by atoms with Crippen LogP contribution >= 0.6 is 34.8 Å². The predicted octanol–water partition coefficient (Wildman–Crippen LogP) is 5.92. The summed E-state index contributed by atoms with van der Waals surface area (Å²) in [4.78, 5) is 28.1. The summed E-state index contributed by atoms with van der Waals surface area (Å²) in [6.45, 7) is 2.93. The molecule has 0 fully saturated rings. The Bertz CT molecular complexity index is 1420. The smallest absolute Gasteiger partial charge is 0.264 e. The van der Waals surface area contributed by atoms with Crippen molar-refractivity contribution in [1.29, 1.82) is 0 Å². The Morgan fingerprint density at radius 2 is 1.56 bits per heavy atom. The first kappa shape index (κ1) is 30.7. The van der Waals surface area contributed by atoms with Crippen molar-refractivity contribution in [1.82, 2.24) is 10.2 Å². The van der Waals surface area contributed by atoms with Crippen LogP contribution in [-0.2, 0) is 26.2 Å². The average molecular weight is 615 g/mol. The van der Waals surface area contributed by atoms with Gasteiger partial charge >= 0.3 is 0 Å². The van der Waals surface area contributed by atoms with Crippen molar-refractivity contribution >= 4 is 62.3 Å². The van der Waals surface area contributed by atoms with Crippen LogP contribution in [0.4, 0.5) is 10.1 Å². The minimum atomic E-state index is -4.31. The number of sulfonamides is 1. The number of nitrogens with zero attached hydrogens (tertiary/aromatic N) is 2. The minimum absolute atomic E-state index is 0.0274. The van der Waals surface area contributed by atoms with E-state index in [1.165, 1.54) is 23.1 Å². The van der Waals surface area contributed by atoms with Crippen LogP contribution in [0.25, 0.3) is 0 Å². The van der Waals surface area contributed by atoms with Gasteiger partial charge in [-0.05, 0) is 55.8 Å². The number of hydrogen-bond acceptors (Lipinski definition) is 4. The zero-order valence-electron chi connectivity index (χ0n) is 21.2. The standard InChI is InChI=1S/C27H27Cl3FN3O4S/c1-3-25(27(36)32-4-2)33(16-20-21(28)11-8-12-22(20)29)26(35)17-34(18-13-14-24(31)23(30)15-18)39(37,38)19-9-6-5-7-10-19/h5-15,25H,3-4,16-17H2,1-2H3,(H,32,36). The molecule has 0 aliphatic heterocycles. The molecule has 0 aliphatic carbocycles. The molecular formula is C27H27Cl3FN3O4S. The lowest BCUT2D eigenvalue weighted by molar-refractivity contribution is -0.140. The first-order valence-corrected chi connectivity index (χ1v) is 14.6. The molecule has 0 saturated heterocycles. The van der Waals surface area contributed by atoms with Crippen molar-refractivity contribution in [2.24, 2.45) is 0 Å². The summed E-state index contributed by atoms with van der Waals surface area (Å²) in [5.41, 5.74) is 0.375. The van der Waals surface area contributed by atoms with E-state index in [1.54, 1.807) is 50.2 Å². The molecule has 0 aliphatic rings. The molecule has 12 heteroatoms. The van der Waals surface area contributed by atoms with Gasteiger partial charge in [0.05, 0.1) is 15.6 Å². The van der Waals surface area contributed by atoms with Crippen LogP contribution in [-0.4, -0.2) is 44.3 Å². The maximum Gasteiger partial charge on any atom is 0.264 e. The van der Waals surface area contributed by atoms with Gasteiger partial charge in [0.15, 0.2) is 0 Å². The Morgan fingerprint density at radius 1 is 0.923 bits per heavy atom. The predicted molar refractivity (Wildman–Crippen MR) is 152 cm³/mol. The Hall–Kier alpha value is -2.85. The number of carbonyl (C=O) groups is 2. The van der Waals surface area contributed by atoms with Crippen molar-refractivity contribution in [2.45, 2.75) is 37.8 Å². The van der Waals surface area contributed by atoms with Gasteiger partial charge < -0.3 is 10.2 Å². The molecule has 7 nitrogen and oxygen atoms in total. The zero-order chi connectivity index (χ0) is 28.7. The highest BCUT2D eigenvalue weighted by molar-refractivity contribution is 7.92. The SMILES string of the molecule is CCNC(=O)C(CC)N(Cc1c(Cl)cccc1Cl)C(=O)CN(c1ccc(F)c(Cl)c1)S(=O)(=O)c1ccccc1. The molecule has 1 unspecified atom stereocenters. The van der Waals surface area contributed by atoms with Crippen LogP contribution < -0.4 is 9.62 Å². The molecule has 1 atom stereocenters. The number of amides is 2. The van der Waals surface area contributed by atoms with Crippen LogP contribution in [0.3, 0.4) is 0 Å². The molecule has 1 N–H and O–H groups in total. The second-order valence-electron chi connectivity index (χ2n) is 8.46. The molecule has 0 aromatic heterocycles. The van der Waals surface area contributed by atoms with Gasteiger partial charge in [-0.15, -0.1) is 0 Å². The summed E-state index contributed by atoms with van der Waals surface area (Å²) in [5, 5.41) is 2.96. The van der Waals surface area contributed by atoms with Crippen LogP contribution in [0.1, 0.15) is 25.8 Å². The van der Waals surface area contributed by atoms with E-state index in [0.717, 1.165) is 16.4 Å². The molecule has 208 valence electrons. The first-order chi connectivity index (χ1) is 18.5. The Balaban J connectivity index is 2.11. The third-order valence-corrected chi connectivity index (χ3v) is 8.71. The molecular weight excluding hydrogens is 588 g/mol. The number of carbonyl (C=O) groups excluding carboxylic acids is 2. The van der Waals surface area contributed by atoms with Gasteiger partial charge in [-0.2, -0.15) is 0 Å². The van der Waals surface area contributed by atoms with Gasteiger partial charge in [0.1, 0.15) is 18.4 Å². The number of halogens is 4. The summed E-state index contributed by atoms with van der Waals surface area (Å²) in [6.07, 6.45) is 0.230. The van der Waals surface area contributed by atoms with Gasteiger partial charge in [0.25, 0.3) is 10.0 Å². The third-order valence-electron chi connectivity index (χ3n) is 5.93. The maximum atomic E-state index is 14.0. The number of nitrogens with one attached hydrogen (secondary N) is 1. The van der Waals surface area contributed by atoms with E-state index in [4.69, 9.17) is 34.8 Å². The monoisotopic (exact) mass is 613 g/mol. The number of anilines is 1. The normalized spacial score (nSPS) is 12.1. The van der Waals surface area contributed by atoms with Crippen LogP contribution in [0.15, 0.2) is 71.6 Å². The second kappa shape index (κ2) is 13.5. The summed E-state index contributed by atoms with van der Waals surface area (Å²) < 4.78 is 42.2. The van der Waals surface area contributed by atoms with E-state index in [9.17, 15) is 22.4 Å². The molecule has 0 saturated carbocycles. The van der Waals surface area contributed by atoms with Gasteiger partial charge in [-0.3, -0.25) is 13.9 Å². The highest BCUT2D eigenvalue weighted by Gasteiger charge is 2.34. The molecule has 0 heterocycles. The second-order valence-corrected chi connectivity index (χ2v) is 11.5. The fourth-order valence-electron chi connectivity index (χ4n) is 3.95. The molecule has 3 aromatic rings. The quantitative estimate of drug-likeness (QED) is 0.290. The van der Waals surface area contributed by atoms with E-state index in [-0.39, 0.29) is 38.6 Å². The summed E-state index contributed by atoms with van der Waals surface area (Å²) in [6, 6.07) is 14.7. The van der Waals surface area contributed by atoms with Gasteiger partial charge in [0, 0.05) is 28.7 Å². The van der Waals surface area contributed by atoms with Crippen molar-refractivity contribution in [3.63, 3.8) is 0 Å². The molecule has 39 heavy (non-hydrogen) atoms. The topological polar surface area (TPSA) is 86.8 Å². The Morgan fingerprint density at radius 3 is 2.13 bits per heavy atom. The largest absolute Gasteiger partial charge is 0.355 e. The Labute approximate surface area is 242 Å². The van der Waals surface area contributed by atoms with E-state index in [1.807, 2.05) is 0 Å². The fraction of sp³-hybridized carbons (Fsp3) is 0.259. The van der Waals surface area contributed by atoms with Crippen molar-refractivity contribution in [3.05, 3.63) is 93.2 Å². The average Bonchev–Trinajstić information content (AvgIpc) is 2.91.